The molecule has 162 valence electrons. The lowest BCUT2D eigenvalue weighted by Gasteiger charge is -2.21. The van der Waals surface area contributed by atoms with E-state index < -0.39 is 0 Å². The highest BCUT2D eigenvalue weighted by atomic mass is 16.5. The Morgan fingerprint density at radius 1 is 1.12 bits per heavy atom. The van der Waals surface area contributed by atoms with Crippen LogP contribution in [0.1, 0.15) is 24.5 Å². The predicted octanol–water partition coefficient (Wildman–Crippen LogP) is 4.15. The molecule has 7 heteroatoms. The fourth-order valence-corrected chi connectivity index (χ4v) is 3.64. The lowest BCUT2D eigenvalue weighted by Crippen LogP contribution is -2.39. The summed E-state index contributed by atoms with van der Waals surface area (Å²) in [6.07, 6.45) is 2.43. The Hall–Kier alpha value is -4.00. The molecule has 0 atom stereocenters. The Kier molecular flexibility index (Phi) is 6.26. The molecule has 0 fully saturated rings. The fraction of sp³-hybridized carbons (Fsp3) is 0.200. The predicted molar refractivity (Wildman–Crippen MR) is 125 cm³/mol. The average Bonchev–Trinajstić information content (AvgIpc) is 2.96. The number of rotatable bonds is 6. The van der Waals surface area contributed by atoms with Gasteiger partial charge in [0.05, 0.1) is 19.2 Å². The number of hydrogen-bond donors (Lipinski definition) is 1. The molecule has 0 aliphatic carbocycles. The zero-order chi connectivity index (χ0) is 22.5. The summed E-state index contributed by atoms with van der Waals surface area (Å²) in [6.45, 7) is 1.88. The molecule has 0 radical (unpaired) electrons. The van der Waals surface area contributed by atoms with Crippen molar-refractivity contribution < 1.29 is 14.3 Å². The van der Waals surface area contributed by atoms with Crippen LogP contribution in [0, 0.1) is 0 Å². The number of benzene rings is 2. The number of hydrogen-bond acceptors (Lipinski definition) is 5. The smallest absolute Gasteiger partial charge is 0.244 e. The number of nitrogens with one attached hydrogen (secondary N) is 1. The summed E-state index contributed by atoms with van der Waals surface area (Å²) >= 11 is 0. The van der Waals surface area contributed by atoms with E-state index in [2.05, 4.69) is 10.3 Å². The molecule has 0 saturated carbocycles. The van der Waals surface area contributed by atoms with Gasteiger partial charge in [0.25, 0.3) is 0 Å². The van der Waals surface area contributed by atoms with Gasteiger partial charge in [0, 0.05) is 17.4 Å². The maximum Gasteiger partial charge on any atom is 0.244 e. The second-order valence-electron chi connectivity index (χ2n) is 7.35. The molecule has 32 heavy (non-hydrogen) atoms. The van der Waals surface area contributed by atoms with Crippen LogP contribution in [-0.2, 0) is 16.0 Å². The quantitative estimate of drug-likeness (QED) is 0.639. The van der Waals surface area contributed by atoms with E-state index in [1.54, 1.807) is 25.4 Å². The molecule has 0 unspecified atom stereocenters. The molecule has 0 saturated heterocycles. The number of methoxy groups -OCH3 is 1. The normalized spacial score (nSPS) is 13.1. The average molecular weight is 428 g/mol. The monoisotopic (exact) mass is 428 g/mol. The molecule has 0 spiro atoms. The van der Waals surface area contributed by atoms with Gasteiger partial charge in [-0.1, -0.05) is 37.3 Å². The molecule has 1 aliphatic heterocycles. The van der Waals surface area contributed by atoms with E-state index in [9.17, 15) is 9.59 Å². The number of fused-ring (bicyclic) bond motifs is 1. The number of aryl methyl sites for hydroxylation is 1. The molecule has 1 aliphatic rings. The number of nitrogens with zero attached hydrogens (tertiary/aromatic N) is 3. The fourth-order valence-electron chi connectivity index (χ4n) is 3.64. The maximum absolute atomic E-state index is 13.2. The van der Waals surface area contributed by atoms with Gasteiger partial charge in [-0.3, -0.25) is 14.5 Å². The third kappa shape index (κ3) is 4.51. The molecular weight excluding hydrogens is 404 g/mol. The number of carbonyl (C=O) groups is 2. The highest BCUT2D eigenvalue weighted by molar-refractivity contribution is 6.18. The van der Waals surface area contributed by atoms with Gasteiger partial charge < -0.3 is 10.1 Å². The van der Waals surface area contributed by atoms with Crippen molar-refractivity contribution in [1.29, 1.82) is 0 Å². The molecule has 4 rings (SSSR count). The van der Waals surface area contributed by atoms with E-state index in [1.165, 1.54) is 4.90 Å². The summed E-state index contributed by atoms with van der Waals surface area (Å²) in [5.74, 6) is 0.511. The third-order valence-electron chi connectivity index (χ3n) is 5.27. The lowest BCUT2D eigenvalue weighted by atomic mass is 10.1. The Morgan fingerprint density at radius 2 is 1.97 bits per heavy atom. The first-order valence-electron chi connectivity index (χ1n) is 10.4. The molecule has 3 aromatic rings. The second kappa shape index (κ2) is 9.43. The van der Waals surface area contributed by atoms with Gasteiger partial charge in [0.2, 0.25) is 11.8 Å². The second-order valence-corrected chi connectivity index (χ2v) is 7.35. The van der Waals surface area contributed by atoms with Gasteiger partial charge in [-0.25, -0.2) is 9.98 Å². The summed E-state index contributed by atoms with van der Waals surface area (Å²) in [7, 11) is 1.59. The topological polar surface area (TPSA) is 83.9 Å². The van der Waals surface area contributed by atoms with Crippen molar-refractivity contribution in [2.45, 2.75) is 19.8 Å². The van der Waals surface area contributed by atoms with Crippen LogP contribution < -0.4 is 15.0 Å². The van der Waals surface area contributed by atoms with Gasteiger partial charge in [-0.15, -0.1) is 0 Å². The van der Waals surface area contributed by atoms with E-state index in [-0.39, 0.29) is 24.8 Å². The third-order valence-corrected chi connectivity index (χ3v) is 5.27. The summed E-state index contributed by atoms with van der Waals surface area (Å²) in [6, 6.07) is 18.6. The van der Waals surface area contributed by atoms with E-state index >= 15 is 0 Å². The number of aromatic nitrogens is 1. The highest BCUT2D eigenvalue weighted by Crippen LogP contribution is 2.31. The Labute approximate surface area is 186 Å². The largest absolute Gasteiger partial charge is 0.497 e. The van der Waals surface area contributed by atoms with Crippen molar-refractivity contribution in [3.05, 3.63) is 78.0 Å². The number of pyridine rings is 1. The van der Waals surface area contributed by atoms with Crippen molar-refractivity contribution in [3.8, 4) is 5.75 Å². The van der Waals surface area contributed by atoms with E-state index in [0.29, 0.717) is 23.0 Å². The van der Waals surface area contributed by atoms with Crippen LogP contribution in [0.4, 0.5) is 17.2 Å². The molecule has 1 N–H and O–H groups in total. The number of aliphatic imine (C=N–C) groups is 1. The van der Waals surface area contributed by atoms with E-state index in [4.69, 9.17) is 9.73 Å². The molecule has 1 aromatic heterocycles. The number of para-hydroxylation sites is 1. The molecule has 0 bridgehead atoms. The van der Waals surface area contributed by atoms with E-state index in [1.807, 2.05) is 55.5 Å². The van der Waals surface area contributed by atoms with Crippen molar-refractivity contribution >= 4 is 34.7 Å². The van der Waals surface area contributed by atoms with Gasteiger partial charge in [-0.2, -0.15) is 0 Å². The van der Waals surface area contributed by atoms with Crippen LogP contribution in [-0.4, -0.2) is 36.2 Å². The van der Waals surface area contributed by atoms with Gasteiger partial charge in [0.15, 0.2) is 5.82 Å². The minimum atomic E-state index is -0.291. The summed E-state index contributed by atoms with van der Waals surface area (Å²) < 4.78 is 5.31. The van der Waals surface area contributed by atoms with Crippen LogP contribution >= 0.6 is 0 Å². The SMILES string of the molecule is CCc1ccccc1NC(=O)CN1C(=O)CC(c2cccc(OC)c2)=Nc2cccnc21. The van der Waals surface area contributed by atoms with Crippen molar-refractivity contribution in [2.24, 2.45) is 4.99 Å². The van der Waals surface area contributed by atoms with Gasteiger partial charge in [-0.05, 0) is 42.3 Å². The highest BCUT2D eigenvalue weighted by Gasteiger charge is 2.28. The number of ether oxygens (including phenoxy) is 1. The van der Waals surface area contributed by atoms with Crippen molar-refractivity contribution in [1.82, 2.24) is 4.98 Å². The number of anilines is 2. The summed E-state index contributed by atoms with van der Waals surface area (Å²) in [4.78, 5) is 36.6. The first-order valence-corrected chi connectivity index (χ1v) is 10.4. The molecule has 2 amide bonds. The summed E-state index contributed by atoms with van der Waals surface area (Å²) in [5, 5.41) is 2.92. The first kappa shape index (κ1) is 21.2. The van der Waals surface area contributed by atoms with Crippen LogP contribution in [0.2, 0.25) is 0 Å². The zero-order valence-electron chi connectivity index (χ0n) is 18.0. The maximum atomic E-state index is 13.2. The lowest BCUT2D eigenvalue weighted by molar-refractivity contribution is -0.120. The zero-order valence-corrected chi connectivity index (χ0v) is 18.0. The van der Waals surface area contributed by atoms with Gasteiger partial charge in [0.1, 0.15) is 18.0 Å². The van der Waals surface area contributed by atoms with Crippen molar-refractivity contribution in [3.63, 3.8) is 0 Å². The van der Waals surface area contributed by atoms with E-state index in [0.717, 1.165) is 23.2 Å². The van der Waals surface area contributed by atoms with Crippen molar-refractivity contribution in [2.75, 3.05) is 23.9 Å². The molecule has 2 aromatic carbocycles. The van der Waals surface area contributed by atoms with Crippen LogP contribution in [0.3, 0.4) is 0 Å². The molecule has 2 heterocycles. The standard InChI is InChI=1S/C25H24N4O3/c1-3-17-8-4-5-11-20(17)28-23(30)16-29-24(31)15-22(18-9-6-10-19(14-18)32-2)27-21-12-7-13-26-25(21)29/h4-14H,3,15-16H2,1-2H3,(H,28,30). The Bertz CT molecular complexity index is 1190. The minimum absolute atomic E-state index is 0.0440. The van der Waals surface area contributed by atoms with Gasteiger partial charge >= 0.3 is 0 Å². The number of amides is 2. The Morgan fingerprint density at radius 3 is 2.78 bits per heavy atom. The summed E-state index contributed by atoms with van der Waals surface area (Å²) in [5.41, 5.74) is 3.71. The molecule has 7 nitrogen and oxygen atoms in total. The van der Waals surface area contributed by atoms with Crippen LogP contribution in [0.15, 0.2) is 71.9 Å². The minimum Gasteiger partial charge on any atom is -0.497 e. The molecular formula is C25H24N4O3. The van der Waals surface area contributed by atoms with Crippen LogP contribution in [0.25, 0.3) is 0 Å². The number of carbonyl (C=O) groups excluding carboxylic acids is 2. The Balaban J connectivity index is 1.62. The first-order chi connectivity index (χ1) is 15.6. The van der Waals surface area contributed by atoms with Crippen LogP contribution in [0.5, 0.6) is 5.75 Å².